The predicted molar refractivity (Wildman–Crippen MR) is 60.1 cm³/mol. The molecule has 5 nitrogen and oxygen atoms in total. The van der Waals surface area contributed by atoms with E-state index in [0.717, 1.165) is 12.8 Å². The number of nitrogens with one attached hydrogen (secondary N) is 2. The molecule has 0 aromatic rings. The molecule has 0 aromatic carbocycles. The molecule has 0 bridgehead atoms. The largest absolute Gasteiger partial charge is 0.481 e. The van der Waals surface area contributed by atoms with Crippen LogP contribution in [0.1, 0.15) is 33.1 Å². The van der Waals surface area contributed by atoms with Crippen LogP contribution in [0.25, 0.3) is 0 Å². The second-order valence-electron chi connectivity index (χ2n) is 4.83. The maximum absolute atomic E-state index is 11.4. The predicted octanol–water partition coefficient (Wildman–Crippen LogP) is 1.19. The van der Waals surface area contributed by atoms with Crippen LogP contribution in [0, 0.1) is 11.8 Å². The van der Waals surface area contributed by atoms with Crippen LogP contribution in [0.3, 0.4) is 0 Å². The summed E-state index contributed by atoms with van der Waals surface area (Å²) < 4.78 is 0. The fourth-order valence-electron chi connectivity index (χ4n) is 1.89. The first-order chi connectivity index (χ1) is 7.47. The number of aliphatic carboxylic acids is 1. The summed E-state index contributed by atoms with van der Waals surface area (Å²) in [6, 6.07) is 0.110. The van der Waals surface area contributed by atoms with Crippen molar-refractivity contribution in [3.05, 3.63) is 0 Å². The summed E-state index contributed by atoms with van der Waals surface area (Å²) in [5, 5.41) is 14.1. The first-order valence-corrected chi connectivity index (χ1v) is 5.73. The van der Waals surface area contributed by atoms with Crippen molar-refractivity contribution in [3.8, 4) is 0 Å². The van der Waals surface area contributed by atoms with Gasteiger partial charge in [0.2, 0.25) is 0 Å². The molecule has 92 valence electrons. The number of carbonyl (C=O) groups excluding carboxylic acids is 1. The molecule has 0 saturated heterocycles. The van der Waals surface area contributed by atoms with Crippen molar-refractivity contribution in [3.63, 3.8) is 0 Å². The van der Waals surface area contributed by atoms with Gasteiger partial charge in [0, 0.05) is 19.0 Å². The van der Waals surface area contributed by atoms with Crippen LogP contribution in [0.15, 0.2) is 0 Å². The van der Waals surface area contributed by atoms with E-state index in [1.807, 2.05) is 0 Å². The van der Waals surface area contributed by atoms with Crippen molar-refractivity contribution in [1.82, 2.24) is 10.6 Å². The Kier molecular flexibility index (Phi) is 4.58. The highest BCUT2D eigenvalue weighted by atomic mass is 16.4. The van der Waals surface area contributed by atoms with Gasteiger partial charge >= 0.3 is 12.0 Å². The number of carbonyl (C=O) groups is 2. The molecule has 5 heteroatoms. The number of carboxylic acid groups (broad SMARTS) is 1. The maximum atomic E-state index is 11.4. The smallest absolute Gasteiger partial charge is 0.315 e. The second-order valence-corrected chi connectivity index (χ2v) is 4.83. The normalized spacial score (nSPS) is 25.4. The summed E-state index contributed by atoms with van der Waals surface area (Å²) in [6.45, 7) is 4.37. The van der Waals surface area contributed by atoms with Crippen LogP contribution in [0.5, 0.6) is 0 Å². The van der Waals surface area contributed by atoms with E-state index in [2.05, 4.69) is 17.6 Å². The Balaban J connectivity index is 2.08. The number of urea groups is 1. The SMILES string of the molecule is CC(CNC(=O)NC1CC(C)C1)CC(=O)O. The third kappa shape index (κ3) is 4.51. The van der Waals surface area contributed by atoms with Crippen molar-refractivity contribution < 1.29 is 14.7 Å². The monoisotopic (exact) mass is 228 g/mol. The lowest BCUT2D eigenvalue weighted by atomic mass is 9.82. The van der Waals surface area contributed by atoms with Gasteiger partial charge in [0.15, 0.2) is 0 Å². The number of carboxylic acids is 1. The molecule has 1 aliphatic carbocycles. The Labute approximate surface area is 95.6 Å². The number of hydrogen-bond acceptors (Lipinski definition) is 2. The molecule has 1 aliphatic rings. The highest BCUT2D eigenvalue weighted by Gasteiger charge is 2.26. The highest BCUT2D eigenvalue weighted by Crippen LogP contribution is 2.25. The molecule has 0 spiro atoms. The molecule has 0 aliphatic heterocycles. The first kappa shape index (κ1) is 12.8. The van der Waals surface area contributed by atoms with Gasteiger partial charge in [0.05, 0.1) is 0 Å². The molecular weight excluding hydrogens is 208 g/mol. The van der Waals surface area contributed by atoms with Gasteiger partial charge < -0.3 is 15.7 Å². The molecule has 1 atom stereocenters. The Morgan fingerprint density at radius 3 is 2.56 bits per heavy atom. The van der Waals surface area contributed by atoms with E-state index in [0.29, 0.717) is 18.5 Å². The van der Waals surface area contributed by atoms with E-state index in [1.165, 1.54) is 0 Å². The topological polar surface area (TPSA) is 78.4 Å². The van der Waals surface area contributed by atoms with Crippen LogP contribution in [0.4, 0.5) is 4.79 Å². The average molecular weight is 228 g/mol. The van der Waals surface area contributed by atoms with Crippen LogP contribution in [-0.4, -0.2) is 29.7 Å². The Hall–Kier alpha value is -1.26. The Bertz CT molecular complexity index is 262. The molecular formula is C11H20N2O3. The first-order valence-electron chi connectivity index (χ1n) is 5.73. The molecule has 1 unspecified atom stereocenters. The number of hydrogen-bond donors (Lipinski definition) is 3. The van der Waals surface area contributed by atoms with Crippen molar-refractivity contribution in [1.29, 1.82) is 0 Å². The van der Waals surface area contributed by atoms with E-state index in [4.69, 9.17) is 5.11 Å². The molecule has 0 heterocycles. The lowest BCUT2D eigenvalue weighted by molar-refractivity contribution is -0.137. The maximum Gasteiger partial charge on any atom is 0.315 e. The van der Waals surface area contributed by atoms with Gasteiger partial charge in [0.25, 0.3) is 0 Å². The Morgan fingerprint density at radius 1 is 1.44 bits per heavy atom. The zero-order valence-electron chi connectivity index (χ0n) is 9.82. The highest BCUT2D eigenvalue weighted by molar-refractivity contribution is 5.74. The molecule has 16 heavy (non-hydrogen) atoms. The number of rotatable bonds is 5. The summed E-state index contributed by atoms with van der Waals surface area (Å²) in [7, 11) is 0. The van der Waals surface area contributed by atoms with Gasteiger partial charge in [-0.3, -0.25) is 4.79 Å². The van der Waals surface area contributed by atoms with Gasteiger partial charge in [-0.25, -0.2) is 4.79 Å². The minimum absolute atomic E-state index is 0.0384. The molecule has 0 radical (unpaired) electrons. The summed E-state index contributed by atoms with van der Waals surface area (Å²) in [5.74, 6) is -0.165. The fourth-order valence-corrected chi connectivity index (χ4v) is 1.89. The third-order valence-corrected chi connectivity index (χ3v) is 2.84. The molecule has 3 N–H and O–H groups in total. The van der Waals surface area contributed by atoms with Gasteiger partial charge in [-0.1, -0.05) is 13.8 Å². The van der Waals surface area contributed by atoms with Crippen molar-refractivity contribution in [2.45, 2.75) is 39.2 Å². The van der Waals surface area contributed by atoms with Crippen LogP contribution >= 0.6 is 0 Å². The van der Waals surface area contributed by atoms with Crippen LogP contribution in [0.2, 0.25) is 0 Å². The quantitative estimate of drug-likeness (QED) is 0.661. The number of amides is 2. The van der Waals surface area contributed by atoms with E-state index in [-0.39, 0.29) is 18.4 Å². The van der Waals surface area contributed by atoms with Gasteiger partial charge in [-0.2, -0.15) is 0 Å². The van der Waals surface area contributed by atoms with Gasteiger partial charge in [-0.15, -0.1) is 0 Å². The van der Waals surface area contributed by atoms with Crippen molar-refractivity contribution in [2.75, 3.05) is 6.54 Å². The zero-order valence-corrected chi connectivity index (χ0v) is 9.82. The fraction of sp³-hybridized carbons (Fsp3) is 0.818. The summed E-state index contributed by atoms with van der Waals surface area (Å²) in [4.78, 5) is 21.8. The molecule has 1 saturated carbocycles. The molecule has 1 fully saturated rings. The molecule has 0 aromatic heterocycles. The summed E-state index contributed by atoms with van der Waals surface area (Å²) >= 11 is 0. The second kappa shape index (κ2) is 5.72. The van der Waals surface area contributed by atoms with Crippen LogP contribution in [-0.2, 0) is 4.79 Å². The Morgan fingerprint density at radius 2 is 2.06 bits per heavy atom. The van der Waals surface area contributed by atoms with Gasteiger partial charge in [-0.05, 0) is 24.7 Å². The van der Waals surface area contributed by atoms with Crippen molar-refractivity contribution >= 4 is 12.0 Å². The van der Waals surface area contributed by atoms with Crippen LogP contribution < -0.4 is 10.6 Å². The van der Waals surface area contributed by atoms with E-state index in [9.17, 15) is 9.59 Å². The minimum atomic E-state index is -0.831. The third-order valence-electron chi connectivity index (χ3n) is 2.84. The van der Waals surface area contributed by atoms with E-state index < -0.39 is 5.97 Å². The average Bonchev–Trinajstić information content (AvgIpc) is 2.11. The van der Waals surface area contributed by atoms with E-state index in [1.54, 1.807) is 6.92 Å². The lowest BCUT2D eigenvalue weighted by Gasteiger charge is -2.33. The molecule has 2 amide bonds. The standard InChI is InChI=1S/C11H20N2O3/c1-7-3-9(4-7)13-11(16)12-6-8(2)5-10(14)15/h7-9H,3-6H2,1-2H3,(H,14,15)(H2,12,13,16). The summed E-state index contributed by atoms with van der Waals surface area (Å²) in [5.41, 5.74) is 0. The summed E-state index contributed by atoms with van der Waals surface area (Å²) in [6.07, 6.45) is 2.16. The minimum Gasteiger partial charge on any atom is -0.481 e. The van der Waals surface area contributed by atoms with Gasteiger partial charge in [0.1, 0.15) is 0 Å². The lowest BCUT2D eigenvalue weighted by Crippen LogP contribution is -2.48. The molecule has 1 rings (SSSR count). The van der Waals surface area contributed by atoms with E-state index >= 15 is 0 Å². The zero-order chi connectivity index (χ0) is 12.1. The van der Waals surface area contributed by atoms with Crippen molar-refractivity contribution in [2.24, 2.45) is 11.8 Å².